The molecule has 3 heterocycles. The highest BCUT2D eigenvalue weighted by Gasteiger charge is 2.34. The number of carbonyl (C=O) groups is 2. The van der Waals surface area contributed by atoms with Crippen LogP contribution < -0.4 is 15.0 Å². The van der Waals surface area contributed by atoms with Gasteiger partial charge in [-0.3, -0.25) is 9.59 Å². The van der Waals surface area contributed by atoms with E-state index in [4.69, 9.17) is 4.74 Å². The normalized spacial score (nSPS) is 16.2. The van der Waals surface area contributed by atoms with Crippen LogP contribution in [-0.2, 0) is 16.0 Å². The first-order valence-corrected chi connectivity index (χ1v) is 10.2. The molecule has 4 rings (SSSR count). The van der Waals surface area contributed by atoms with Gasteiger partial charge in [-0.05, 0) is 30.3 Å². The van der Waals surface area contributed by atoms with Crippen LogP contribution in [0.5, 0.6) is 5.75 Å². The molecule has 0 bridgehead atoms. The standard InChI is InChI=1S/C20H21N5O3S/c1-28-17-5-3-16(4-6-17)24-12-14(11-18(24)26)19(27)21-9-7-15-13-29-20(23-15)25-10-2-8-22-25/h2-6,8,10,13-14H,7,9,11-12H2,1H3,(H,21,27). The molecule has 29 heavy (non-hydrogen) atoms. The monoisotopic (exact) mass is 411 g/mol. The summed E-state index contributed by atoms with van der Waals surface area (Å²) in [5, 5.41) is 9.86. The van der Waals surface area contributed by atoms with Crippen molar-refractivity contribution in [1.82, 2.24) is 20.1 Å². The Labute approximate surface area is 172 Å². The zero-order valence-electron chi connectivity index (χ0n) is 15.9. The maximum absolute atomic E-state index is 12.5. The zero-order valence-corrected chi connectivity index (χ0v) is 16.8. The highest BCUT2D eigenvalue weighted by atomic mass is 32.1. The molecule has 0 spiro atoms. The molecule has 3 aromatic rings. The van der Waals surface area contributed by atoms with Gasteiger partial charge in [-0.2, -0.15) is 5.10 Å². The first-order valence-electron chi connectivity index (χ1n) is 9.30. The van der Waals surface area contributed by atoms with Crippen LogP contribution in [0.25, 0.3) is 5.13 Å². The first kappa shape index (κ1) is 19.1. The van der Waals surface area contributed by atoms with Crippen LogP contribution in [0, 0.1) is 5.92 Å². The number of ether oxygens (including phenoxy) is 1. The van der Waals surface area contributed by atoms with E-state index in [0.29, 0.717) is 19.5 Å². The number of hydrogen-bond acceptors (Lipinski definition) is 6. The Balaban J connectivity index is 1.28. The predicted molar refractivity (Wildman–Crippen MR) is 109 cm³/mol. The van der Waals surface area contributed by atoms with E-state index in [-0.39, 0.29) is 24.2 Å². The van der Waals surface area contributed by atoms with E-state index in [1.54, 1.807) is 35.0 Å². The molecule has 1 saturated heterocycles. The smallest absolute Gasteiger partial charge is 0.227 e. The minimum atomic E-state index is -0.348. The molecule has 1 fully saturated rings. The highest BCUT2D eigenvalue weighted by molar-refractivity contribution is 7.12. The minimum absolute atomic E-state index is 0.0429. The average molecular weight is 411 g/mol. The lowest BCUT2D eigenvalue weighted by Crippen LogP contribution is -2.34. The van der Waals surface area contributed by atoms with E-state index < -0.39 is 0 Å². The van der Waals surface area contributed by atoms with Crippen LogP contribution >= 0.6 is 11.3 Å². The van der Waals surface area contributed by atoms with Gasteiger partial charge in [-0.25, -0.2) is 9.67 Å². The molecule has 9 heteroatoms. The number of rotatable bonds is 7. The largest absolute Gasteiger partial charge is 0.497 e. The van der Waals surface area contributed by atoms with Crippen molar-refractivity contribution in [3.63, 3.8) is 0 Å². The number of nitrogens with zero attached hydrogens (tertiary/aromatic N) is 4. The van der Waals surface area contributed by atoms with Gasteiger partial charge < -0.3 is 15.0 Å². The van der Waals surface area contributed by atoms with Gasteiger partial charge in [0.2, 0.25) is 16.9 Å². The predicted octanol–water partition coefficient (Wildman–Crippen LogP) is 2.05. The summed E-state index contributed by atoms with van der Waals surface area (Å²) < 4.78 is 6.86. The number of carbonyl (C=O) groups excluding carboxylic acids is 2. The van der Waals surface area contributed by atoms with Crippen molar-refractivity contribution in [3.8, 4) is 10.9 Å². The van der Waals surface area contributed by atoms with Gasteiger partial charge in [0.15, 0.2) is 0 Å². The molecule has 8 nitrogen and oxygen atoms in total. The van der Waals surface area contributed by atoms with Gasteiger partial charge in [-0.1, -0.05) is 0 Å². The van der Waals surface area contributed by atoms with Crippen LogP contribution in [0.3, 0.4) is 0 Å². The fourth-order valence-corrected chi connectivity index (χ4v) is 4.05. The van der Waals surface area contributed by atoms with Gasteiger partial charge in [-0.15, -0.1) is 11.3 Å². The lowest BCUT2D eigenvalue weighted by Gasteiger charge is -2.17. The van der Waals surface area contributed by atoms with Crippen molar-refractivity contribution in [2.24, 2.45) is 5.92 Å². The molecule has 0 saturated carbocycles. The third kappa shape index (κ3) is 4.29. The molecule has 1 unspecified atom stereocenters. The third-order valence-electron chi connectivity index (χ3n) is 4.80. The van der Waals surface area contributed by atoms with Gasteiger partial charge in [0.25, 0.3) is 0 Å². The van der Waals surface area contributed by atoms with Crippen LogP contribution in [0.2, 0.25) is 0 Å². The van der Waals surface area contributed by atoms with E-state index in [1.165, 1.54) is 11.3 Å². The van der Waals surface area contributed by atoms with E-state index >= 15 is 0 Å². The van der Waals surface area contributed by atoms with Gasteiger partial charge in [0, 0.05) is 49.4 Å². The lowest BCUT2D eigenvalue weighted by molar-refractivity contribution is -0.126. The summed E-state index contributed by atoms with van der Waals surface area (Å²) in [5.74, 6) is 0.239. The lowest BCUT2D eigenvalue weighted by atomic mass is 10.1. The van der Waals surface area contributed by atoms with Crippen LogP contribution in [-0.4, -0.2) is 46.8 Å². The molecular formula is C20H21N5O3S. The SMILES string of the molecule is COc1ccc(N2CC(C(=O)NCCc3csc(-n4cccn4)n3)CC2=O)cc1. The van der Waals surface area contributed by atoms with Gasteiger partial charge >= 0.3 is 0 Å². The Hall–Kier alpha value is -3.20. The Morgan fingerprint density at radius 2 is 2.17 bits per heavy atom. The quantitative estimate of drug-likeness (QED) is 0.643. The maximum Gasteiger partial charge on any atom is 0.227 e. The van der Waals surface area contributed by atoms with E-state index in [2.05, 4.69) is 15.4 Å². The van der Waals surface area contributed by atoms with Gasteiger partial charge in [0.05, 0.1) is 18.7 Å². The summed E-state index contributed by atoms with van der Waals surface area (Å²) in [5.41, 5.74) is 1.68. The van der Waals surface area contributed by atoms with E-state index in [0.717, 1.165) is 22.3 Å². The Morgan fingerprint density at radius 1 is 1.34 bits per heavy atom. The van der Waals surface area contributed by atoms with Crippen molar-refractivity contribution in [2.75, 3.05) is 25.1 Å². The summed E-state index contributed by atoms with van der Waals surface area (Å²) in [4.78, 5) is 31.0. The number of amides is 2. The summed E-state index contributed by atoms with van der Waals surface area (Å²) in [6.07, 6.45) is 4.40. The average Bonchev–Trinajstić information content (AvgIpc) is 3.48. The molecule has 150 valence electrons. The number of benzene rings is 1. The van der Waals surface area contributed by atoms with E-state index in [9.17, 15) is 9.59 Å². The summed E-state index contributed by atoms with van der Waals surface area (Å²) >= 11 is 1.51. The molecule has 1 aliphatic rings. The number of thiazole rings is 1. The zero-order chi connectivity index (χ0) is 20.2. The van der Waals surface area contributed by atoms with Crippen LogP contribution in [0.15, 0.2) is 48.1 Å². The molecule has 0 aliphatic carbocycles. The number of hydrogen-bond donors (Lipinski definition) is 1. The van der Waals surface area contributed by atoms with Crippen molar-refractivity contribution in [1.29, 1.82) is 0 Å². The van der Waals surface area contributed by atoms with Crippen molar-refractivity contribution in [2.45, 2.75) is 12.8 Å². The molecule has 1 aliphatic heterocycles. The number of aromatic nitrogens is 3. The third-order valence-corrected chi connectivity index (χ3v) is 5.68. The number of nitrogens with one attached hydrogen (secondary N) is 1. The maximum atomic E-state index is 12.5. The minimum Gasteiger partial charge on any atom is -0.497 e. The fourth-order valence-electron chi connectivity index (χ4n) is 3.25. The molecule has 0 radical (unpaired) electrons. The molecule has 2 aromatic heterocycles. The molecule has 1 N–H and O–H groups in total. The van der Waals surface area contributed by atoms with Crippen molar-refractivity contribution >= 4 is 28.8 Å². The second-order valence-corrected chi connectivity index (χ2v) is 7.55. The first-order chi connectivity index (χ1) is 14.1. The number of methoxy groups -OCH3 is 1. The van der Waals surface area contributed by atoms with Crippen molar-refractivity contribution < 1.29 is 14.3 Å². The second kappa shape index (κ2) is 8.44. The summed E-state index contributed by atoms with van der Waals surface area (Å²) in [6.45, 7) is 0.867. The summed E-state index contributed by atoms with van der Waals surface area (Å²) in [6, 6.07) is 9.12. The van der Waals surface area contributed by atoms with Crippen LogP contribution in [0.1, 0.15) is 12.1 Å². The second-order valence-electron chi connectivity index (χ2n) is 6.72. The molecule has 1 atom stereocenters. The summed E-state index contributed by atoms with van der Waals surface area (Å²) in [7, 11) is 1.60. The Morgan fingerprint density at radius 3 is 2.90 bits per heavy atom. The van der Waals surface area contributed by atoms with Gasteiger partial charge in [0.1, 0.15) is 5.75 Å². The topological polar surface area (TPSA) is 89.3 Å². The fraction of sp³-hybridized carbons (Fsp3) is 0.300. The Bertz CT molecular complexity index is 984. The van der Waals surface area contributed by atoms with E-state index in [1.807, 2.05) is 29.8 Å². The van der Waals surface area contributed by atoms with Crippen LogP contribution in [0.4, 0.5) is 5.69 Å². The van der Waals surface area contributed by atoms with Crippen molar-refractivity contribution in [3.05, 3.63) is 53.8 Å². The Kier molecular flexibility index (Phi) is 5.57. The molecule has 1 aromatic carbocycles. The molecule has 2 amide bonds. The highest BCUT2D eigenvalue weighted by Crippen LogP contribution is 2.27. The number of anilines is 1. The molecular weight excluding hydrogens is 390 g/mol.